The van der Waals surface area contributed by atoms with E-state index in [9.17, 15) is 5.11 Å². The summed E-state index contributed by atoms with van der Waals surface area (Å²) in [7, 11) is 1.56. The fourth-order valence-electron chi connectivity index (χ4n) is 1.89. The molecule has 0 amide bonds. The van der Waals surface area contributed by atoms with E-state index in [4.69, 9.17) is 9.47 Å². The molecular weight excluding hydrogens is 244 g/mol. The number of aromatic nitrogens is 2. The minimum Gasteiger partial charge on any atom is -0.493 e. The molecule has 1 heterocycles. The van der Waals surface area contributed by atoms with Gasteiger partial charge in [0.25, 0.3) is 0 Å². The van der Waals surface area contributed by atoms with Gasteiger partial charge < -0.3 is 14.6 Å². The van der Waals surface area contributed by atoms with E-state index >= 15 is 0 Å². The molecule has 1 aromatic heterocycles. The normalized spacial score (nSPS) is 12.2. The Labute approximate surface area is 112 Å². The van der Waals surface area contributed by atoms with Crippen molar-refractivity contribution in [2.24, 2.45) is 0 Å². The second-order valence-corrected chi connectivity index (χ2v) is 4.05. The van der Waals surface area contributed by atoms with Gasteiger partial charge in [-0.15, -0.1) is 0 Å². The van der Waals surface area contributed by atoms with Crippen molar-refractivity contribution in [1.29, 1.82) is 0 Å². The number of aliphatic hydroxyl groups excluding tert-OH is 1. The van der Waals surface area contributed by atoms with E-state index in [1.165, 1.54) is 0 Å². The molecule has 0 fully saturated rings. The Balaban J connectivity index is 2.07. The van der Waals surface area contributed by atoms with Gasteiger partial charge in [-0.1, -0.05) is 18.2 Å². The molecule has 0 aliphatic rings. The van der Waals surface area contributed by atoms with Crippen LogP contribution in [0.5, 0.6) is 11.5 Å². The lowest BCUT2D eigenvalue weighted by atomic mass is 10.2. The second-order valence-electron chi connectivity index (χ2n) is 4.05. The Morgan fingerprint density at radius 1 is 1.32 bits per heavy atom. The Kier molecular flexibility index (Phi) is 4.41. The summed E-state index contributed by atoms with van der Waals surface area (Å²) >= 11 is 0. The molecule has 1 N–H and O–H groups in total. The van der Waals surface area contributed by atoms with Crippen LogP contribution >= 0.6 is 0 Å². The molecule has 1 unspecified atom stereocenters. The predicted molar refractivity (Wildman–Crippen MR) is 71.3 cm³/mol. The summed E-state index contributed by atoms with van der Waals surface area (Å²) in [6.07, 6.45) is 0.822. The van der Waals surface area contributed by atoms with E-state index in [1.807, 2.05) is 37.3 Å². The predicted octanol–water partition coefficient (Wildman–Crippen LogP) is 2.02. The summed E-state index contributed by atoms with van der Waals surface area (Å²) in [5.74, 6) is 1.30. The van der Waals surface area contributed by atoms with E-state index < -0.39 is 6.10 Å². The molecule has 2 aromatic rings. The van der Waals surface area contributed by atoms with Crippen molar-refractivity contribution in [1.82, 2.24) is 9.78 Å². The molecule has 0 saturated heterocycles. The van der Waals surface area contributed by atoms with Crippen LogP contribution in [-0.4, -0.2) is 28.6 Å². The SMILES string of the molecule is CCn1ncc(OC)c1C(O)COc1ccccc1. The molecule has 19 heavy (non-hydrogen) atoms. The Morgan fingerprint density at radius 2 is 2.05 bits per heavy atom. The van der Waals surface area contributed by atoms with Gasteiger partial charge in [0.1, 0.15) is 24.2 Å². The molecule has 0 aliphatic carbocycles. The highest BCUT2D eigenvalue weighted by Gasteiger charge is 2.19. The van der Waals surface area contributed by atoms with Crippen LogP contribution in [0.15, 0.2) is 36.5 Å². The number of benzene rings is 1. The van der Waals surface area contributed by atoms with Gasteiger partial charge in [-0.2, -0.15) is 5.10 Å². The van der Waals surface area contributed by atoms with Crippen LogP contribution in [0.4, 0.5) is 0 Å². The fraction of sp³-hybridized carbons (Fsp3) is 0.357. The average Bonchev–Trinajstić information content (AvgIpc) is 2.89. The number of methoxy groups -OCH3 is 1. The van der Waals surface area contributed by atoms with Crippen molar-refractivity contribution in [3.63, 3.8) is 0 Å². The number of rotatable bonds is 6. The summed E-state index contributed by atoms with van der Waals surface area (Å²) in [5, 5.41) is 14.4. The van der Waals surface area contributed by atoms with Crippen LogP contribution in [0.25, 0.3) is 0 Å². The third kappa shape index (κ3) is 3.06. The standard InChI is InChI=1S/C14H18N2O3/c1-3-16-14(13(18-2)9-15-16)12(17)10-19-11-7-5-4-6-8-11/h4-9,12,17H,3,10H2,1-2H3. The van der Waals surface area contributed by atoms with Crippen LogP contribution in [0.3, 0.4) is 0 Å². The topological polar surface area (TPSA) is 56.5 Å². The third-order valence-electron chi connectivity index (χ3n) is 2.83. The first-order valence-electron chi connectivity index (χ1n) is 6.21. The van der Waals surface area contributed by atoms with Gasteiger partial charge in [0.15, 0.2) is 5.75 Å². The first-order chi connectivity index (χ1) is 9.26. The smallest absolute Gasteiger partial charge is 0.162 e. The molecule has 0 spiro atoms. The quantitative estimate of drug-likeness (QED) is 0.865. The van der Waals surface area contributed by atoms with Gasteiger partial charge in [0.05, 0.1) is 13.3 Å². The number of hydrogen-bond donors (Lipinski definition) is 1. The summed E-state index contributed by atoms with van der Waals surface area (Å²) < 4.78 is 12.5. The maximum absolute atomic E-state index is 10.2. The number of para-hydroxylation sites is 1. The molecule has 102 valence electrons. The number of aryl methyl sites for hydroxylation is 1. The van der Waals surface area contributed by atoms with Gasteiger partial charge >= 0.3 is 0 Å². The molecule has 1 atom stereocenters. The molecule has 0 aliphatic heterocycles. The number of ether oxygens (including phenoxy) is 2. The summed E-state index contributed by atoms with van der Waals surface area (Å²) in [6.45, 7) is 2.79. The highest BCUT2D eigenvalue weighted by atomic mass is 16.5. The molecule has 0 saturated carbocycles. The first kappa shape index (κ1) is 13.4. The first-order valence-corrected chi connectivity index (χ1v) is 6.21. The monoisotopic (exact) mass is 262 g/mol. The minimum absolute atomic E-state index is 0.159. The largest absolute Gasteiger partial charge is 0.493 e. The van der Waals surface area contributed by atoms with Gasteiger partial charge in [0, 0.05) is 6.54 Å². The van der Waals surface area contributed by atoms with Crippen LogP contribution in [0.1, 0.15) is 18.7 Å². The number of aliphatic hydroxyl groups is 1. The van der Waals surface area contributed by atoms with Crippen molar-refractivity contribution in [2.45, 2.75) is 19.6 Å². The van der Waals surface area contributed by atoms with Gasteiger partial charge in [-0.05, 0) is 19.1 Å². The summed E-state index contributed by atoms with van der Waals surface area (Å²) in [6, 6.07) is 9.39. The van der Waals surface area contributed by atoms with Crippen molar-refractivity contribution in [3.8, 4) is 11.5 Å². The van der Waals surface area contributed by atoms with Crippen molar-refractivity contribution in [3.05, 3.63) is 42.2 Å². The lowest BCUT2D eigenvalue weighted by molar-refractivity contribution is 0.0977. The van der Waals surface area contributed by atoms with Gasteiger partial charge in [0.2, 0.25) is 0 Å². The van der Waals surface area contributed by atoms with Crippen LogP contribution in [0.2, 0.25) is 0 Å². The summed E-state index contributed by atoms with van der Waals surface area (Å²) in [5.41, 5.74) is 0.640. The van der Waals surface area contributed by atoms with Crippen LogP contribution in [0, 0.1) is 0 Å². The maximum Gasteiger partial charge on any atom is 0.162 e. The maximum atomic E-state index is 10.2. The molecule has 1 aromatic carbocycles. The fourth-order valence-corrected chi connectivity index (χ4v) is 1.89. The minimum atomic E-state index is -0.780. The molecule has 5 heteroatoms. The van der Waals surface area contributed by atoms with E-state index in [1.54, 1.807) is 18.0 Å². The molecular formula is C14H18N2O3. The highest BCUT2D eigenvalue weighted by Crippen LogP contribution is 2.25. The van der Waals surface area contributed by atoms with Gasteiger partial charge in [-0.25, -0.2) is 0 Å². The van der Waals surface area contributed by atoms with Crippen molar-refractivity contribution < 1.29 is 14.6 Å². The van der Waals surface area contributed by atoms with Crippen molar-refractivity contribution in [2.75, 3.05) is 13.7 Å². The van der Waals surface area contributed by atoms with E-state index in [-0.39, 0.29) is 6.61 Å². The second kappa shape index (κ2) is 6.24. The Bertz CT molecular complexity index is 489. The zero-order chi connectivity index (χ0) is 13.7. The van der Waals surface area contributed by atoms with Crippen LogP contribution in [-0.2, 0) is 6.54 Å². The molecule has 0 bridgehead atoms. The Hall–Kier alpha value is -2.01. The number of hydrogen-bond acceptors (Lipinski definition) is 4. The molecule has 0 radical (unpaired) electrons. The zero-order valence-corrected chi connectivity index (χ0v) is 11.1. The molecule has 2 rings (SSSR count). The average molecular weight is 262 g/mol. The van der Waals surface area contributed by atoms with E-state index in [2.05, 4.69) is 5.10 Å². The van der Waals surface area contributed by atoms with Crippen LogP contribution < -0.4 is 9.47 Å². The van der Waals surface area contributed by atoms with E-state index in [0.29, 0.717) is 18.0 Å². The Morgan fingerprint density at radius 3 is 2.68 bits per heavy atom. The van der Waals surface area contributed by atoms with E-state index in [0.717, 1.165) is 5.75 Å². The molecule has 5 nitrogen and oxygen atoms in total. The van der Waals surface area contributed by atoms with Gasteiger partial charge in [-0.3, -0.25) is 4.68 Å². The summed E-state index contributed by atoms with van der Waals surface area (Å²) in [4.78, 5) is 0. The lowest BCUT2D eigenvalue weighted by Crippen LogP contribution is -2.15. The lowest BCUT2D eigenvalue weighted by Gasteiger charge is -2.15. The number of nitrogens with zero attached hydrogens (tertiary/aromatic N) is 2. The van der Waals surface area contributed by atoms with Crippen molar-refractivity contribution >= 4 is 0 Å². The highest BCUT2D eigenvalue weighted by molar-refractivity contribution is 5.28. The zero-order valence-electron chi connectivity index (χ0n) is 11.1. The third-order valence-corrected chi connectivity index (χ3v) is 2.83.